The van der Waals surface area contributed by atoms with E-state index in [2.05, 4.69) is 15.4 Å². The number of carbonyl (C=O) groups excluding carboxylic acids is 2. The van der Waals surface area contributed by atoms with Gasteiger partial charge in [0.15, 0.2) is 5.82 Å². The molecule has 0 aliphatic carbocycles. The molecule has 4 rings (SSSR count). The number of amides is 2. The van der Waals surface area contributed by atoms with E-state index in [0.717, 1.165) is 50.0 Å². The molecule has 2 amide bonds. The molecule has 31 heavy (non-hydrogen) atoms. The summed E-state index contributed by atoms with van der Waals surface area (Å²) in [5, 5.41) is 8.42. The number of benzene rings is 2. The van der Waals surface area contributed by atoms with E-state index < -0.39 is 0 Å². The molecular weight excluding hydrogens is 396 g/mol. The summed E-state index contributed by atoms with van der Waals surface area (Å²) in [6, 6.07) is 15.1. The number of ether oxygens (including phenoxy) is 1. The molecule has 2 heterocycles. The first kappa shape index (κ1) is 21.0. The third-order valence-corrected chi connectivity index (χ3v) is 5.33. The normalized spacial score (nSPS) is 14.5. The van der Waals surface area contributed by atoms with Gasteiger partial charge in [0.1, 0.15) is 12.8 Å². The predicted octanol–water partition coefficient (Wildman–Crippen LogP) is 2.63. The molecule has 1 saturated heterocycles. The zero-order valence-corrected chi connectivity index (χ0v) is 17.3. The largest absolute Gasteiger partial charge is 0.379 e. The summed E-state index contributed by atoms with van der Waals surface area (Å²) >= 11 is 0. The van der Waals surface area contributed by atoms with Crippen LogP contribution in [-0.2, 0) is 9.53 Å². The molecule has 1 fully saturated rings. The number of hydrogen-bond donors (Lipinski definition) is 1. The van der Waals surface area contributed by atoms with Gasteiger partial charge in [-0.1, -0.05) is 35.5 Å². The van der Waals surface area contributed by atoms with E-state index in [9.17, 15) is 9.59 Å². The highest BCUT2D eigenvalue weighted by Gasteiger charge is 2.20. The average molecular weight is 422 g/mol. The van der Waals surface area contributed by atoms with Crippen molar-refractivity contribution in [2.75, 3.05) is 51.3 Å². The Hall–Kier alpha value is -3.23. The van der Waals surface area contributed by atoms with Gasteiger partial charge < -0.3 is 19.5 Å². The Balaban J connectivity index is 1.45. The summed E-state index contributed by atoms with van der Waals surface area (Å²) in [5.74, 6) is -0.145. The lowest BCUT2D eigenvalue weighted by Gasteiger charge is -2.28. The number of morpholine rings is 1. The van der Waals surface area contributed by atoms with E-state index in [1.54, 1.807) is 11.0 Å². The molecule has 0 bridgehead atoms. The van der Waals surface area contributed by atoms with Gasteiger partial charge >= 0.3 is 0 Å². The maximum absolute atomic E-state index is 13.3. The van der Waals surface area contributed by atoms with Crippen molar-refractivity contribution >= 4 is 28.4 Å². The Morgan fingerprint density at radius 1 is 1.06 bits per heavy atom. The molecule has 162 valence electrons. The summed E-state index contributed by atoms with van der Waals surface area (Å²) in [4.78, 5) is 29.7. The molecule has 1 aliphatic rings. The summed E-state index contributed by atoms with van der Waals surface area (Å²) < 4.78 is 10.1. The van der Waals surface area contributed by atoms with Crippen LogP contribution in [-0.4, -0.2) is 72.7 Å². The average Bonchev–Trinajstić information content (AvgIpc) is 3.31. The molecule has 8 nitrogen and oxygen atoms in total. The molecule has 0 saturated carbocycles. The van der Waals surface area contributed by atoms with Crippen LogP contribution in [0.25, 0.3) is 10.8 Å². The van der Waals surface area contributed by atoms with Crippen molar-refractivity contribution in [3.8, 4) is 0 Å². The first-order chi connectivity index (χ1) is 15.2. The van der Waals surface area contributed by atoms with Gasteiger partial charge in [-0.3, -0.25) is 14.5 Å². The molecule has 1 aliphatic heterocycles. The summed E-state index contributed by atoms with van der Waals surface area (Å²) in [6.45, 7) is 4.54. The summed E-state index contributed by atoms with van der Waals surface area (Å²) in [5.41, 5.74) is 0.569. The number of hydrogen-bond acceptors (Lipinski definition) is 6. The Labute approximate surface area is 180 Å². The van der Waals surface area contributed by atoms with Crippen molar-refractivity contribution in [2.24, 2.45) is 0 Å². The second-order valence-electron chi connectivity index (χ2n) is 7.53. The van der Waals surface area contributed by atoms with Crippen LogP contribution in [0.5, 0.6) is 0 Å². The lowest BCUT2D eigenvalue weighted by atomic mass is 10.1. The number of carbonyl (C=O) groups is 2. The Morgan fingerprint density at radius 2 is 1.87 bits per heavy atom. The van der Waals surface area contributed by atoms with E-state index in [1.165, 1.54) is 6.26 Å². The van der Waals surface area contributed by atoms with E-state index in [-0.39, 0.29) is 18.4 Å². The monoisotopic (exact) mass is 422 g/mol. The van der Waals surface area contributed by atoms with Crippen LogP contribution < -0.4 is 5.32 Å². The summed E-state index contributed by atoms with van der Waals surface area (Å²) in [6.07, 6.45) is 2.16. The van der Waals surface area contributed by atoms with Crippen LogP contribution in [0, 0.1) is 0 Å². The lowest BCUT2D eigenvalue weighted by molar-refractivity contribution is -0.117. The first-order valence-corrected chi connectivity index (χ1v) is 10.5. The fourth-order valence-corrected chi connectivity index (χ4v) is 3.70. The smallest absolute Gasteiger partial charge is 0.254 e. The van der Waals surface area contributed by atoms with Crippen LogP contribution in [0.4, 0.5) is 5.82 Å². The molecule has 1 aromatic heterocycles. The quantitative estimate of drug-likeness (QED) is 0.601. The SMILES string of the molecule is O=C(CN(CCCN1CCOCC1)C(=O)c1ccc2ccccc2c1)Nc1ccon1. The Morgan fingerprint density at radius 3 is 2.65 bits per heavy atom. The van der Waals surface area contributed by atoms with Gasteiger partial charge in [0.2, 0.25) is 5.91 Å². The van der Waals surface area contributed by atoms with Crippen LogP contribution in [0.1, 0.15) is 16.8 Å². The van der Waals surface area contributed by atoms with Crippen molar-refractivity contribution in [1.82, 2.24) is 15.0 Å². The highest BCUT2D eigenvalue weighted by molar-refractivity contribution is 6.01. The van der Waals surface area contributed by atoms with Crippen molar-refractivity contribution < 1.29 is 18.8 Å². The van der Waals surface area contributed by atoms with Crippen molar-refractivity contribution in [1.29, 1.82) is 0 Å². The van der Waals surface area contributed by atoms with Gasteiger partial charge in [-0.25, -0.2) is 0 Å². The van der Waals surface area contributed by atoms with Gasteiger partial charge in [0, 0.05) is 37.8 Å². The number of anilines is 1. The van der Waals surface area contributed by atoms with Gasteiger partial charge in [-0.2, -0.15) is 0 Å². The minimum Gasteiger partial charge on any atom is -0.379 e. The number of rotatable bonds is 8. The van der Waals surface area contributed by atoms with Crippen molar-refractivity contribution in [3.63, 3.8) is 0 Å². The van der Waals surface area contributed by atoms with E-state index in [1.807, 2.05) is 42.5 Å². The molecular formula is C23H26N4O4. The van der Waals surface area contributed by atoms with E-state index >= 15 is 0 Å². The number of nitrogens with one attached hydrogen (secondary N) is 1. The van der Waals surface area contributed by atoms with E-state index in [0.29, 0.717) is 17.9 Å². The van der Waals surface area contributed by atoms with Crippen LogP contribution in [0.2, 0.25) is 0 Å². The maximum Gasteiger partial charge on any atom is 0.254 e. The minimum absolute atomic E-state index is 0.0539. The molecule has 2 aromatic carbocycles. The molecule has 3 aromatic rings. The molecule has 8 heteroatoms. The van der Waals surface area contributed by atoms with Gasteiger partial charge in [0.25, 0.3) is 5.91 Å². The third-order valence-electron chi connectivity index (χ3n) is 5.33. The molecule has 0 atom stereocenters. The first-order valence-electron chi connectivity index (χ1n) is 10.5. The Kier molecular flexibility index (Phi) is 6.91. The fraction of sp³-hybridized carbons (Fsp3) is 0.348. The standard InChI is InChI=1S/C23H26N4O4/c28-22(24-21-8-13-31-25-21)17-27(10-3-9-26-11-14-30-15-12-26)23(29)20-7-6-18-4-1-2-5-19(18)16-20/h1-2,4-8,13,16H,3,9-12,14-15,17H2,(H,24,25,28). The van der Waals surface area contributed by atoms with Crippen LogP contribution >= 0.6 is 0 Å². The van der Waals surface area contributed by atoms with Crippen LogP contribution in [0.15, 0.2) is 59.3 Å². The predicted molar refractivity (Wildman–Crippen MR) is 117 cm³/mol. The van der Waals surface area contributed by atoms with Crippen LogP contribution in [0.3, 0.4) is 0 Å². The highest BCUT2D eigenvalue weighted by Crippen LogP contribution is 2.17. The van der Waals surface area contributed by atoms with Crippen molar-refractivity contribution in [2.45, 2.75) is 6.42 Å². The van der Waals surface area contributed by atoms with E-state index in [4.69, 9.17) is 9.26 Å². The fourth-order valence-electron chi connectivity index (χ4n) is 3.70. The number of fused-ring (bicyclic) bond motifs is 1. The van der Waals surface area contributed by atoms with Gasteiger partial charge in [-0.05, 0) is 29.3 Å². The topological polar surface area (TPSA) is 87.9 Å². The molecule has 0 unspecified atom stereocenters. The third kappa shape index (κ3) is 5.68. The van der Waals surface area contributed by atoms with Gasteiger partial charge in [-0.15, -0.1) is 0 Å². The second kappa shape index (κ2) is 10.2. The Bertz CT molecular complexity index is 1020. The number of nitrogens with zero attached hydrogens (tertiary/aromatic N) is 3. The molecule has 0 spiro atoms. The lowest BCUT2D eigenvalue weighted by Crippen LogP contribution is -2.41. The van der Waals surface area contributed by atoms with Gasteiger partial charge in [0.05, 0.1) is 13.2 Å². The molecule has 0 radical (unpaired) electrons. The summed E-state index contributed by atoms with van der Waals surface area (Å²) in [7, 11) is 0. The number of aromatic nitrogens is 1. The maximum atomic E-state index is 13.3. The zero-order valence-electron chi connectivity index (χ0n) is 17.3. The zero-order chi connectivity index (χ0) is 21.5. The highest BCUT2D eigenvalue weighted by atomic mass is 16.5. The molecule has 1 N–H and O–H groups in total. The minimum atomic E-state index is -0.311. The van der Waals surface area contributed by atoms with Crippen molar-refractivity contribution in [3.05, 3.63) is 60.4 Å². The second-order valence-corrected chi connectivity index (χ2v) is 7.53.